The van der Waals surface area contributed by atoms with E-state index in [9.17, 15) is 9.59 Å². The Morgan fingerprint density at radius 3 is 2.64 bits per heavy atom. The third-order valence-corrected chi connectivity index (χ3v) is 6.23. The van der Waals surface area contributed by atoms with E-state index in [-0.39, 0.29) is 23.8 Å². The number of nitrogens with zero attached hydrogens (tertiary/aromatic N) is 2. The molecule has 5 heteroatoms. The van der Waals surface area contributed by atoms with Crippen LogP contribution in [0.3, 0.4) is 0 Å². The number of amides is 2. The number of carbonyl (C=O) groups excluding carboxylic acids is 2. The summed E-state index contributed by atoms with van der Waals surface area (Å²) in [6.45, 7) is 1.90. The van der Waals surface area contributed by atoms with Gasteiger partial charge in [-0.05, 0) is 37.8 Å². The Hall–Kier alpha value is -1.88. The first kappa shape index (κ1) is 16.6. The van der Waals surface area contributed by atoms with Crippen molar-refractivity contribution in [3.8, 4) is 0 Å². The molecule has 0 aromatic heterocycles. The second kappa shape index (κ2) is 6.79. The Balaban J connectivity index is 1.64. The molecule has 1 aromatic rings. The van der Waals surface area contributed by atoms with E-state index in [2.05, 4.69) is 10.2 Å². The number of rotatable bonds is 2. The van der Waals surface area contributed by atoms with Gasteiger partial charge in [0.05, 0.1) is 12.0 Å². The van der Waals surface area contributed by atoms with Crippen LogP contribution in [0.4, 0.5) is 0 Å². The molecule has 3 heterocycles. The van der Waals surface area contributed by atoms with Gasteiger partial charge < -0.3 is 15.1 Å². The Bertz CT molecular complexity index is 634. The van der Waals surface area contributed by atoms with Crippen molar-refractivity contribution in [2.24, 2.45) is 5.92 Å². The van der Waals surface area contributed by atoms with Crippen molar-refractivity contribution >= 4 is 11.8 Å². The van der Waals surface area contributed by atoms with E-state index in [1.165, 1.54) is 0 Å². The van der Waals surface area contributed by atoms with Crippen LogP contribution in [0.5, 0.6) is 0 Å². The predicted molar refractivity (Wildman–Crippen MR) is 95.8 cm³/mol. The lowest BCUT2D eigenvalue weighted by Crippen LogP contribution is -2.51. The summed E-state index contributed by atoms with van der Waals surface area (Å²) in [5.41, 5.74) is 1.07. The molecule has 1 aromatic carbocycles. The number of piperidine rings is 1. The maximum Gasteiger partial charge on any atom is 0.228 e. The molecule has 4 atom stereocenters. The highest BCUT2D eigenvalue weighted by Gasteiger charge is 2.45. The number of fused-ring (bicyclic) bond motifs is 2. The molecule has 5 nitrogen and oxygen atoms in total. The SMILES string of the molecule is CN1C(=O)CCC(C(=O)N2C3CCNCC2CC3)C1c1ccccc1. The van der Waals surface area contributed by atoms with E-state index in [1.54, 1.807) is 4.90 Å². The van der Waals surface area contributed by atoms with Crippen molar-refractivity contribution in [3.63, 3.8) is 0 Å². The molecule has 0 radical (unpaired) electrons. The molecular formula is C20H27N3O2. The fraction of sp³-hybridized carbons (Fsp3) is 0.600. The molecule has 0 spiro atoms. The van der Waals surface area contributed by atoms with Gasteiger partial charge >= 0.3 is 0 Å². The zero-order valence-corrected chi connectivity index (χ0v) is 14.9. The van der Waals surface area contributed by atoms with Crippen LogP contribution in [-0.4, -0.2) is 53.8 Å². The van der Waals surface area contributed by atoms with Crippen LogP contribution >= 0.6 is 0 Å². The fourth-order valence-corrected chi connectivity index (χ4v) is 4.94. The van der Waals surface area contributed by atoms with Gasteiger partial charge in [0.1, 0.15) is 0 Å². The second-order valence-electron chi connectivity index (χ2n) is 7.63. The molecule has 0 saturated carbocycles. The van der Waals surface area contributed by atoms with Crippen LogP contribution in [0.25, 0.3) is 0 Å². The van der Waals surface area contributed by atoms with E-state index in [0.717, 1.165) is 37.9 Å². The number of likely N-dealkylation sites (tertiary alicyclic amines) is 1. The molecule has 134 valence electrons. The van der Waals surface area contributed by atoms with Crippen molar-refractivity contribution in [2.45, 2.75) is 50.2 Å². The molecule has 4 rings (SSSR count). The zero-order chi connectivity index (χ0) is 17.4. The van der Waals surface area contributed by atoms with Crippen LogP contribution in [0, 0.1) is 5.92 Å². The maximum absolute atomic E-state index is 13.6. The molecule has 3 saturated heterocycles. The third kappa shape index (κ3) is 2.95. The molecule has 3 aliphatic heterocycles. The van der Waals surface area contributed by atoms with Gasteiger partial charge in [0.2, 0.25) is 11.8 Å². The van der Waals surface area contributed by atoms with Gasteiger partial charge in [-0.25, -0.2) is 0 Å². The van der Waals surface area contributed by atoms with Crippen molar-refractivity contribution < 1.29 is 9.59 Å². The number of nitrogens with one attached hydrogen (secondary N) is 1. The topological polar surface area (TPSA) is 52.7 Å². The lowest BCUT2D eigenvalue weighted by molar-refractivity contribution is -0.148. The highest BCUT2D eigenvalue weighted by Crippen LogP contribution is 2.39. The molecule has 3 fully saturated rings. The van der Waals surface area contributed by atoms with Crippen LogP contribution in [0.1, 0.15) is 43.7 Å². The lowest BCUT2D eigenvalue weighted by atomic mass is 9.83. The average molecular weight is 341 g/mol. The van der Waals surface area contributed by atoms with Gasteiger partial charge in [-0.15, -0.1) is 0 Å². The monoisotopic (exact) mass is 341 g/mol. The molecule has 2 amide bonds. The zero-order valence-electron chi connectivity index (χ0n) is 14.9. The van der Waals surface area contributed by atoms with Gasteiger partial charge in [0.25, 0.3) is 0 Å². The van der Waals surface area contributed by atoms with Crippen molar-refractivity contribution in [3.05, 3.63) is 35.9 Å². The highest BCUT2D eigenvalue weighted by molar-refractivity contribution is 5.85. The van der Waals surface area contributed by atoms with Crippen molar-refractivity contribution in [1.29, 1.82) is 0 Å². The summed E-state index contributed by atoms with van der Waals surface area (Å²) in [6.07, 6.45) is 4.39. The molecule has 25 heavy (non-hydrogen) atoms. The molecule has 1 N–H and O–H groups in total. The Kier molecular flexibility index (Phi) is 4.50. The van der Waals surface area contributed by atoms with E-state index >= 15 is 0 Å². The molecule has 4 unspecified atom stereocenters. The van der Waals surface area contributed by atoms with E-state index in [0.29, 0.717) is 24.9 Å². The fourth-order valence-electron chi connectivity index (χ4n) is 4.94. The molecule has 3 aliphatic rings. The Labute approximate surface area is 149 Å². The maximum atomic E-state index is 13.6. The first-order valence-electron chi connectivity index (χ1n) is 9.50. The third-order valence-electron chi connectivity index (χ3n) is 6.23. The summed E-state index contributed by atoms with van der Waals surface area (Å²) in [7, 11) is 1.85. The van der Waals surface area contributed by atoms with Crippen molar-refractivity contribution in [1.82, 2.24) is 15.1 Å². The summed E-state index contributed by atoms with van der Waals surface area (Å²) < 4.78 is 0. The Morgan fingerprint density at radius 2 is 1.84 bits per heavy atom. The highest BCUT2D eigenvalue weighted by atomic mass is 16.2. The molecule has 2 bridgehead atoms. The first-order valence-corrected chi connectivity index (χ1v) is 9.50. The number of hydrogen-bond donors (Lipinski definition) is 1. The van der Waals surface area contributed by atoms with Crippen LogP contribution in [-0.2, 0) is 9.59 Å². The summed E-state index contributed by atoms with van der Waals surface area (Å²) in [4.78, 5) is 29.8. The van der Waals surface area contributed by atoms with Gasteiger partial charge in [-0.3, -0.25) is 9.59 Å². The average Bonchev–Trinajstić information content (AvgIpc) is 2.90. The minimum Gasteiger partial charge on any atom is -0.338 e. The van der Waals surface area contributed by atoms with Gasteiger partial charge in [-0.2, -0.15) is 0 Å². The standard InChI is InChI=1S/C20H27N3O2/c1-22-18(24)10-9-17(19(22)14-5-3-2-4-6-14)20(25)23-15-7-8-16(23)13-21-12-11-15/h2-6,15-17,19,21H,7-13H2,1H3. The normalized spacial score (nSPS) is 32.6. The summed E-state index contributed by atoms with van der Waals surface area (Å²) in [6, 6.07) is 10.6. The minimum atomic E-state index is -0.148. The number of hydrogen-bond acceptors (Lipinski definition) is 3. The van der Waals surface area contributed by atoms with Crippen LogP contribution in [0.15, 0.2) is 30.3 Å². The second-order valence-corrected chi connectivity index (χ2v) is 7.63. The number of carbonyl (C=O) groups is 2. The van der Waals surface area contributed by atoms with Crippen molar-refractivity contribution in [2.75, 3.05) is 20.1 Å². The molecular weight excluding hydrogens is 314 g/mol. The largest absolute Gasteiger partial charge is 0.338 e. The van der Waals surface area contributed by atoms with Gasteiger partial charge in [0, 0.05) is 32.1 Å². The van der Waals surface area contributed by atoms with Gasteiger partial charge in [0.15, 0.2) is 0 Å². The smallest absolute Gasteiger partial charge is 0.228 e. The predicted octanol–water partition coefficient (Wildman–Crippen LogP) is 1.95. The van der Waals surface area contributed by atoms with Gasteiger partial charge in [-0.1, -0.05) is 30.3 Å². The quantitative estimate of drug-likeness (QED) is 0.894. The lowest BCUT2D eigenvalue weighted by Gasteiger charge is -2.41. The number of benzene rings is 1. The first-order chi connectivity index (χ1) is 12.2. The van der Waals surface area contributed by atoms with E-state index < -0.39 is 0 Å². The van der Waals surface area contributed by atoms with E-state index in [4.69, 9.17) is 0 Å². The van der Waals surface area contributed by atoms with Crippen LogP contribution in [0.2, 0.25) is 0 Å². The van der Waals surface area contributed by atoms with E-state index in [1.807, 2.05) is 37.4 Å². The summed E-state index contributed by atoms with van der Waals surface area (Å²) in [5, 5.41) is 3.47. The van der Waals surface area contributed by atoms with Crippen LogP contribution < -0.4 is 5.32 Å². The summed E-state index contributed by atoms with van der Waals surface area (Å²) >= 11 is 0. The summed E-state index contributed by atoms with van der Waals surface area (Å²) in [5.74, 6) is 0.258. The minimum absolute atomic E-state index is 0.133. The molecule has 0 aliphatic carbocycles. The Morgan fingerprint density at radius 1 is 1.08 bits per heavy atom.